The highest BCUT2D eigenvalue weighted by molar-refractivity contribution is 6.31. The van der Waals surface area contributed by atoms with Gasteiger partial charge >= 0.3 is 0 Å². The van der Waals surface area contributed by atoms with Crippen molar-refractivity contribution in [1.29, 1.82) is 0 Å². The molecule has 0 unspecified atom stereocenters. The number of halogens is 2. The van der Waals surface area contributed by atoms with Crippen molar-refractivity contribution in [1.82, 2.24) is 9.55 Å². The molecular formula is C12H12ClFN2. The summed E-state index contributed by atoms with van der Waals surface area (Å²) in [5.74, 6) is -0.381. The lowest BCUT2D eigenvalue weighted by Gasteiger charge is -2.08. The van der Waals surface area contributed by atoms with E-state index in [1.807, 2.05) is 24.5 Å². The van der Waals surface area contributed by atoms with Crippen LogP contribution in [-0.4, -0.2) is 9.55 Å². The second-order valence-electron chi connectivity index (χ2n) is 3.76. The van der Waals surface area contributed by atoms with E-state index in [4.69, 9.17) is 11.6 Å². The maximum Gasteiger partial charge on any atom is 0.142 e. The molecule has 0 N–H and O–H groups in total. The molecule has 0 amide bonds. The van der Waals surface area contributed by atoms with Gasteiger partial charge < -0.3 is 4.57 Å². The predicted molar refractivity (Wildman–Crippen MR) is 62.2 cm³/mol. The van der Waals surface area contributed by atoms with Gasteiger partial charge in [0.2, 0.25) is 0 Å². The first kappa shape index (κ1) is 11.1. The lowest BCUT2D eigenvalue weighted by atomic mass is 10.2. The first-order valence-corrected chi connectivity index (χ1v) is 5.38. The van der Waals surface area contributed by atoms with Crippen LogP contribution in [0.25, 0.3) is 0 Å². The van der Waals surface area contributed by atoms with Crippen molar-refractivity contribution in [3.8, 4) is 0 Å². The third-order valence-electron chi connectivity index (χ3n) is 2.72. The minimum absolute atomic E-state index is 0.188. The van der Waals surface area contributed by atoms with E-state index >= 15 is 0 Å². The minimum Gasteiger partial charge on any atom is -0.330 e. The normalized spacial score (nSPS) is 10.8. The number of rotatable bonds is 2. The lowest BCUT2D eigenvalue weighted by Crippen LogP contribution is -2.02. The van der Waals surface area contributed by atoms with Gasteiger partial charge in [0.25, 0.3) is 0 Å². The fourth-order valence-corrected chi connectivity index (χ4v) is 1.74. The molecule has 2 aromatic rings. The highest BCUT2D eigenvalue weighted by atomic mass is 35.5. The van der Waals surface area contributed by atoms with Crippen molar-refractivity contribution in [2.24, 2.45) is 0 Å². The van der Waals surface area contributed by atoms with Gasteiger partial charge in [-0.1, -0.05) is 23.7 Å². The zero-order valence-corrected chi connectivity index (χ0v) is 9.92. The molecule has 0 aliphatic carbocycles. The van der Waals surface area contributed by atoms with Gasteiger partial charge in [0.15, 0.2) is 0 Å². The number of aromatic nitrogens is 2. The highest BCUT2D eigenvalue weighted by Crippen LogP contribution is 2.21. The van der Waals surface area contributed by atoms with Crippen LogP contribution in [0.2, 0.25) is 5.02 Å². The Labute approximate surface area is 98.7 Å². The molecule has 1 aromatic heterocycles. The van der Waals surface area contributed by atoms with Crippen molar-refractivity contribution in [3.05, 3.63) is 52.3 Å². The average molecular weight is 239 g/mol. The molecule has 0 radical (unpaired) electrons. The maximum atomic E-state index is 13.2. The fourth-order valence-electron chi connectivity index (χ4n) is 1.56. The minimum atomic E-state index is -0.381. The third-order valence-corrected chi connectivity index (χ3v) is 3.14. The zero-order chi connectivity index (χ0) is 11.7. The van der Waals surface area contributed by atoms with Gasteiger partial charge in [0.1, 0.15) is 5.82 Å². The summed E-state index contributed by atoms with van der Waals surface area (Å²) in [5, 5.41) is 0.188. The first-order valence-electron chi connectivity index (χ1n) is 5.01. The molecule has 0 aliphatic heterocycles. The van der Waals surface area contributed by atoms with Crippen molar-refractivity contribution in [3.63, 3.8) is 0 Å². The van der Waals surface area contributed by atoms with Gasteiger partial charge in [0.05, 0.1) is 23.6 Å². The number of aryl methyl sites for hydroxylation is 1. The van der Waals surface area contributed by atoms with Gasteiger partial charge in [-0.2, -0.15) is 0 Å². The third kappa shape index (κ3) is 1.95. The predicted octanol–water partition coefficient (Wildman–Crippen LogP) is 3.34. The summed E-state index contributed by atoms with van der Waals surface area (Å²) in [5.41, 5.74) is 2.81. The van der Waals surface area contributed by atoms with Crippen LogP contribution in [0, 0.1) is 19.7 Å². The largest absolute Gasteiger partial charge is 0.330 e. The van der Waals surface area contributed by atoms with Gasteiger partial charge in [-0.25, -0.2) is 9.37 Å². The molecule has 1 heterocycles. The smallest absolute Gasteiger partial charge is 0.142 e. The van der Waals surface area contributed by atoms with Crippen molar-refractivity contribution >= 4 is 11.6 Å². The Morgan fingerprint density at radius 1 is 1.38 bits per heavy atom. The Hall–Kier alpha value is -1.35. The lowest BCUT2D eigenvalue weighted by molar-refractivity contribution is 0.623. The van der Waals surface area contributed by atoms with Gasteiger partial charge in [-0.05, 0) is 25.5 Å². The van der Waals surface area contributed by atoms with E-state index in [1.54, 1.807) is 12.4 Å². The highest BCUT2D eigenvalue weighted by Gasteiger charge is 2.08. The monoisotopic (exact) mass is 238 g/mol. The second-order valence-corrected chi connectivity index (χ2v) is 4.13. The van der Waals surface area contributed by atoms with E-state index < -0.39 is 0 Å². The zero-order valence-electron chi connectivity index (χ0n) is 9.17. The Morgan fingerprint density at radius 2 is 2.12 bits per heavy atom. The van der Waals surface area contributed by atoms with Gasteiger partial charge in [-0.3, -0.25) is 0 Å². The molecule has 2 nitrogen and oxygen atoms in total. The van der Waals surface area contributed by atoms with Crippen LogP contribution < -0.4 is 0 Å². The number of hydrogen-bond donors (Lipinski definition) is 0. The number of hydrogen-bond acceptors (Lipinski definition) is 1. The summed E-state index contributed by atoms with van der Waals surface area (Å²) in [4.78, 5) is 4.19. The maximum absolute atomic E-state index is 13.2. The number of benzene rings is 1. The molecule has 84 valence electrons. The van der Waals surface area contributed by atoms with Gasteiger partial charge in [0, 0.05) is 5.69 Å². The molecular weight excluding hydrogens is 227 g/mol. The average Bonchev–Trinajstić information content (AvgIpc) is 2.57. The second kappa shape index (κ2) is 4.26. The number of nitrogens with zero attached hydrogens (tertiary/aromatic N) is 2. The molecule has 0 aliphatic rings. The van der Waals surface area contributed by atoms with Crippen LogP contribution in [0.1, 0.15) is 17.0 Å². The SMILES string of the molecule is Cc1ncn(Cc2cccc(F)c2Cl)c1C. The molecule has 0 bridgehead atoms. The molecule has 0 fully saturated rings. The van der Waals surface area contributed by atoms with Crippen molar-refractivity contribution < 1.29 is 4.39 Å². The Balaban J connectivity index is 2.34. The molecule has 0 atom stereocenters. The van der Waals surface area contributed by atoms with Crippen LogP contribution in [0.15, 0.2) is 24.5 Å². The summed E-state index contributed by atoms with van der Waals surface area (Å²) >= 11 is 5.89. The molecule has 16 heavy (non-hydrogen) atoms. The quantitative estimate of drug-likeness (QED) is 0.785. The molecule has 1 aromatic carbocycles. The summed E-state index contributed by atoms with van der Waals surface area (Å²) in [7, 11) is 0. The molecule has 0 spiro atoms. The van der Waals surface area contributed by atoms with Crippen molar-refractivity contribution in [2.75, 3.05) is 0 Å². The van der Waals surface area contributed by atoms with E-state index in [1.165, 1.54) is 6.07 Å². The summed E-state index contributed by atoms with van der Waals surface area (Å²) < 4.78 is 15.2. The Bertz CT molecular complexity index is 520. The van der Waals surface area contributed by atoms with Gasteiger partial charge in [-0.15, -0.1) is 0 Å². The van der Waals surface area contributed by atoms with E-state index in [0.717, 1.165) is 17.0 Å². The van der Waals surface area contributed by atoms with E-state index in [2.05, 4.69) is 4.98 Å². The van der Waals surface area contributed by atoms with Crippen LogP contribution >= 0.6 is 11.6 Å². The number of imidazole rings is 1. The van der Waals surface area contributed by atoms with Crippen LogP contribution in [-0.2, 0) is 6.54 Å². The summed E-state index contributed by atoms with van der Waals surface area (Å²) in [6, 6.07) is 4.84. The fraction of sp³-hybridized carbons (Fsp3) is 0.250. The Morgan fingerprint density at radius 3 is 2.75 bits per heavy atom. The van der Waals surface area contributed by atoms with E-state index in [0.29, 0.717) is 6.54 Å². The van der Waals surface area contributed by atoms with E-state index in [-0.39, 0.29) is 10.8 Å². The topological polar surface area (TPSA) is 17.8 Å². The first-order chi connectivity index (χ1) is 7.59. The molecule has 0 saturated carbocycles. The van der Waals surface area contributed by atoms with Crippen LogP contribution in [0.5, 0.6) is 0 Å². The summed E-state index contributed by atoms with van der Waals surface area (Å²) in [6.07, 6.45) is 1.74. The van der Waals surface area contributed by atoms with E-state index in [9.17, 15) is 4.39 Å². The molecule has 2 rings (SSSR count). The van der Waals surface area contributed by atoms with Crippen LogP contribution in [0.4, 0.5) is 4.39 Å². The van der Waals surface area contributed by atoms with Crippen LogP contribution in [0.3, 0.4) is 0 Å². The molecule has 0 saturated heterocycles. The Kier molecular flexibility index (Phi) is 2.97. The molecule has 4 heteroatoms. The standard InChI is InChI=1S/C12H12ClFN2/c1-8-9(2)16(7-15-8)6-10-4-3-5-11(14)12(10)13/h3-5,7H,6H2,1-2H3. The van der Waals surface area contributed by atoms with Crippen molar-refractivity contribution in [2.45, 2.75) is 20.4 Å². The summed E-state index contributed by atoms with van der Waals surface area (Å²) in [6.45, 7) is 4.47.